The number of rotatable bonds is 9. The van der Waals surface area contributed by atoms with E-state index < -0.39 is 7.60 Å². The Morgan fingerprint density at radius 2 is 1.62 bits per heavy atom. The Kier molecular flexibility index (Phi) is 6.98. The fourth-order valence-corrected chi connectivity index (χ4v) is 3.91. The number of oxazole rings is 1. The van der Waals surface area contributed by atoms with Gasteiger partial charge in [0.05, 0.1) is 7.11 Å². The van der Waals surface area contributed by atoms with Crippen molar-refractivity contribution in [2.45, 2.75) is 13.0 Å². The quantitative estimate of drug-likeness (QED) is 0.489. The Bertz CT molecular complexity index is 981. The zero-order chi connectivity index (χ0) is 20.9. The molecule has 0 atom stereocenters. The minimum absolute atomic E-state index is 0.111. The van der Waals surface area contributed by atoms with E-state index in [1.54, 1.807) is 19.2 Å². The van der Waals surface area contributed by atoms with Gasteiger partial charge in [-0.15, -0.1) is 0 Å². The zero-order valence-corrected chi connectivity index (χ0v) is 18.0. The van der Waals surface area contributed by atoms with E-state index in [1.165, 1.54) is 14.2 Å². The van der Waals surface area contributed by atoms with Gasteiger partial charge in [0, 0.05) is 32.2 Å². The van der Waals surface area contributed by atoms with Crippen molar-refractivity contribution in [1.82, 2.24) is 4.98 Å². The van der Waals surface area contributed by atoms with Crippen molar-refractivity contribution in [3.05, 3.63) is 70.6 Å². The van der Waals surface area contributed by atoms with Gasteiger partial charge in [0.1, 0.15) is 5.75 Å². The molecule has 0 amide bonds. The van der Waals surface area contributed by atoms with Gasteiger partial charge in [-0.25, -0.2) is 4.98 Å². The van der Waals surface area contributed by atoms with E-state index in [0.717, 1.165) is 16.9 Å². The molecule has 3 aromatic rings. The first-order valence-electron chi connectivity index (χ1n) is 8.80. The molecule has 0 saturated carbocycles. The smallest absolute Gasteiger partial charge is 0.384 e. The van der Waals surface area contributed by atoms with Gasteiger partial charge in [-0.2, -0.15) is 0 Å². The standard InChI is InChI=1S/C20H22ClN2O5P/c1-25-17-10-6-15(7-11-17)13-22-19-20(29(24,26-2)27-3)23-18(28-19)12-14-4-8-16(21)9-5-14/h4-11,22H,12-13H2,1-3H3. The van der Waals surface area contributed by atoms with E-state index in [1.807, 2.05) is 36.4 Å². The van der Waals surface area contributed by atoms with Crippen molar-refractivity contribution in [3.8, 4) is 5.75 Å². The van der Waals surface area contributed by atoms with Crippen LogP contribution in [0.2, 0.25) is 5.02 Å². The minimum Gasteiger partial charge on any atom is -0.497 e. The van der Waals surface area contributed by atoms with Crippen LogP contribution >= 0.6 is 19.2 Å². The summed E-state index contributed by atoms with van der Waals surface area (Å²) in [6, 6.07) is 14.9. The minimum atomic E-state index is -3.61. The number of hydrogen-bond donors (Lipinski definition) is 1. The molecule has 2 aromatic carbocycles. The van der Waals surface area contributed by atoms with Crippen LogP contribution in [0, 0.1) is 0 Å². The molecule has 7 nitrogen and oxygen atoms in total. The predicted molar refractivity (Wildman–Crippen MR) is 112 cm³/mol. The molecule has 0 aliphatic rings. The molecule has 1 N–H and O–H groups in total. The molecular weight excluding hydrogens is 415 g/mol. The maximum absolute atomic E-state index is 12.9. The molecule has 0 saturated heterocycles. The van der Waals surface area contributed by atoms with Gasteiger partial charge in [0.2, 0.25) is 17.2 Å². The van der Waals surface area contributed by atoms with Crippen molar-refractivity contribution >= 4 is 30.5 Å². The highest BCUT2D eigenvalue weighted by molar-refractivity contribution is 7.62. The summed E-state index contributed by atoms with van der Waals surface area (Å²) in [5, 5.41) is 3.78. The van der Waals surface area contributed by atoms with Crippen LogP contribution in [0.5, 0.6) is 5.75 Å². The molecule has 154 valence electrons. The Hall–Kier alpha value is -2.31. The summed E-state index contributed by atoms with van der Waals surface area (Å²) in [6.07, 6.45) is 0.405. The Balaban J connectivity index is 1.85. The second-order valence-corrected chi connectivity index (χ2v) is 8.71. The highest BCUT2D eigenvalue weighted by Crippen LogP contribution is 2.47. The Morgan fingerprint density at radius 1 is 1.00 bits per heavy atom. The lowest BCUT2D eigenvalue weighted by molar-refractivity contribution is 0.286. The van der Waals surface area contributed by atoms with Crippen molar-refractivity contribution < 1.29 is 22.8 Å². The SMILES string of the molecule is COc1ccc(CNc2oc(Cc3ccc(Cl)cc3)nc2P(=O)(OC)OC)cc1. The monoisotopic (exact) mass is 436 g/mol. The summed E-state index contributed by atoms with van der Waals surface area (Å²) in [5.41, 5.74) is 2.05. The molecule has 0 aliphatic carbocycles. The number of nitrogens with zero attached hydrogens (tertiary/aromatic N) is 1. The molecule has 0 bridgehead atoms. The number of benzene rings is 2. The van der Waals surface area contributed by atoms with Crippen molar-refractivity contribution in [2.24, 2.45) is 0 Å². The Labute approximate surface area is 174 Å². The van der Waals surface area contributed by atoms with Crippen LogP contribution < -0.4 is 15.5 Å². The van der Waals surface area contributed by atoms with Gasteiger partial charge in [-0.1, -0.05) is 35.9 Å². The van der Waals surface area contributed by atoms with Gasteiger partial charge < -0.3 is 23.5 Å². The van der Waals surface area contributed by atoms with Crippen LogP contribution in [-0.2, 0) is 26.6 Å². The number of nitrogens with one attached hydrogen (secondary N) is 1. The van der Waals surface area contributed by atoms with Gasteiger partial charge in [0.25, 0.3) is 0 Å². The molecule has 29 heavy (non-hydrogen) atoms. The number of halogens is 1. The zero-order valence-electron chi connectivity index (χ0n) is 16.3. The topological polar surface area (TPSA) is 82.8 Å². The van der Waals surface area contributed by atoms with Crippen molar-refractivity contribution in [3.63, 3.8) is 0 Å². The number of hydrogen-bond acceptors (Lipinski definition) is 7. The van der Waals surface area contributed by atoms with Gasteiger partial charge in [-0.3, -0.25) is 4.57 Å². The van der Waals surface area contributed by atoms with Crippen LogP contribution in [0.4, 0.5) is 5.88 Å². The molecule has 0 spiro atoms. The fourth-order valence-electron chi connectivity index (χ4n) is 2.68. The average molecular weight is 437 g/mol. The first-order chi connectivity index (χ1) is 14.0. The Morgan fingerprint density at radius 3 is 2.21 bits per heavy atom. The number of aromatic nitrogens is 1. The molecular formula is C20H22ClN2O5P. The maximum atomic E-state index is 12.9. The highest BCUT2D eigenvalue weighted by atomic mass is 35.5. The third kappa shape index (κ3) is 5.19. The summed E-state index contributed by atoms with van der Waals surface area (Å²) >= 11 is 5.93. The van der Waals surface area contributed by atoms with Crippen LogP contribution in [0.3, 0.4) is 0 Å². The third-order valence-corrected chi connectivity index (χ3v) is 6.31. The normalized spacial score (nSPS) is 11.4. The number of ether oxygens (including phenoxy) is 1. The van der Waals surface area contributed by atoms with E-state index in [4.69, 9.17) is 29.8 Å². The molecule has 0 fully saturated rings. The fraction of sp³-hybridized carbons (Fsp3) is 0.250. The van der Waals surface area contributed by atoms with E-state index in [2.05, 4.69) is 10.3 Å². The highest BCUT2D eigenvalue weighted by Gasteiger charge is 2.34. The molecule has 1 heterocycles. The van der Waals surface area contributed by atoms with Crippen LogP contribution in [0.1, 0.15) is 17.0 Å². The van der Waals surface area contributed by atoms with Crippen molar-refractivity contribution in [1.29, 1.82) is 0 Å². The van der Waals surface area contributed by atoms with Gasteiger partial charge in [-0.05, 0) is 35.4 Å². The molecule has 1 aromatic heterocycles. The first kappa shape index (κ1) is 21.4. The number of methoxy groups -OCH3 is 1. The summed E-state index contributed by atoms with van der Waals surface area (Å²) in [7, 11) is 0.630. The second-order valence-electron chi connectivity index (χ2n) is 6.13. The lowest BCUT2D eigenvalue weighted by Crippen LogP contribution is -2.15. The lowest BCUT2D eigenvalue weighted by Gasteiger charge is -2.12. The first-order valence-corrected chi connectivity index (χ1v) is 10.7. The summed E-state index contributed by atoms with van der Waals surface area (Å²) in [5.74, 6) is 1.40. The van der Waals surface area contributed by atoms with Crippen LogP contribution in [-0.4, -0.2) is 26.3 Å². The maximum Gasteiger partial charge on any atom is 0.384 e. The van der Waals surface area contributed by atoms with E-state index in [0.29, 0.717) is 23.9 Å². The molecule has 0 unspecified atom stereocenters. The largest absolute Gasteiger partial charge is 0.497 e. The number of anilines is 1. The average Bonchev–Trinajstić information content (AvgIpc) is 3.17. The summed E-state index contributed by atoms with van der Waals surface area (Å²) in [6.45, 7) is 0.431. The molecule has 0 radical (unpaired) electrons. The second kappa shape index (κ2) is 9.46. The van der Waals surface area contributed by atoms with Gasteiger partial charge in [0.15, 0.2) is 0 Å². The van der Waals surface area contributed by atoms with E-state index >= 15 is 0 Å². The van der Waals surface area contributed by atoms with Gasteiger partial charge >= 0.3 is 7.60 Å². The molecule has 3 rings (SSSR count). The van der Waals surface area contributed by atoms with Crippen molar-refractivity contribution in [2.75, 3.05) is 26.6 Å². The summed E-state index contributed by atoms with van der Waals surface area (Å²) < 4.78 is 34.2. The lowest BCUT2D eigenvalue weighted by atomic mass is 10.1. The van der Waals surface area contributed by atoms with Crippen LogP contribution in [0.25, 0.3) is 0 Å². The molecule has 9 heteroatoms. The predicted octanol–water partition coefficient (Wildman–Crippen LogP) is 4.65. The van der Waals surface area contributed by atoms with E-state index in [-0.39, 0.29) is 11.3 Å². The molecule has 0 aliphatic heterocycles. The summed E-state index contributed by atoms with van der Waals surface area (Å²) in [4.78, 5) is 4.39. The van der Waals surface area contributed by atoms with Crippen LogP contribution in [0.15, 0.2) is 52.9 Å². The van der Waals surface area contributed by atoms with E-state index in [9.17, 15) is 4.57 Å². The third-order valence-electron chi connectivity index (χ3n) is 4.27.